The van der Waals surface area contributed by atoms with Crippen molar-refractivity contribution in [2.24, 2.45) is 0 Å². The molecule has 0 aliphatic rings. The Morgan fingerprint density at radius 3 is 1.05 bits per heavy atom. The van der Waals surface area contributed by atoms with E-state index in [1.807, 2.05) is 41.5 Å². The molecule has 0 aromatic heterocycles. The van der Waals surface area contributed by atoms with Gasteiger partial charge in [-0.15, -0.1) is 19.3 Å². The zero-order chi connectivity index (χ0) is 17.4. The van der Waals surface area contributed by atoms with Crippen LogP contribution < -0.4 is 0 Å². The Kier molecular flexibility index (Phi) is 7.95. The predicted molar refractivity (Wildman–Crippen MR) is 91.6 cm³/mol. The van der Waals surface area contributed by atoms with Gasteiger partial charge in [-0.3, -0.25) is 0 Å². The largest absolute Gasteiger partial charge is 0.581 e. The van der Waals surface area contributed by atoms with Crippen LogP contribution in [0.4, 0.5) is 0 Å². The SMILES string of the molecule is C#CC(C)(CC)O[Si](OC(C)(C#C)CC)OC(C)(C#C)CC. The van der Waals surface area contributed by atoms with E-state index < -0.39 is 26.3 Å². The molecule has 0 aromatic carbocycles. The van der Waals surface area contributed by atoms with E-state index in [1.165, 1.54) is 0 Å². The smallest absolute Gasteiger partial charge is 0.354 e. The van der Waals surface area contributed by atoms with E-state index in [9.17, 15) is 0 Å². The second kappa shape index (κ2) is 8.42. The average Bonchev–Trinajstić information content (AvgIpc) is 2.54. The highest BCUT2D eigenvalue weighted by Crippen LogP contribution is 2.25. The second-order valence-corrected chi connectivity index (χ2v) is 6.85. The first-order chi connectivity index (χ1) is 10.1. The average molecular weight is 319 g/mol. The van der Waals surface area contributed by atoms with E-state index in [0.29, 0.717) is 19.3 Å². The molecular weight excluding hydrogens is 292 g/mol. The summed E-state index contributed by atoms with van der Waals surface area (Å²) in [5.74, 6) is 7.93. The van der Waals surface area contributed by atoms with Crippen molar-refractivity contribution in [1.82, 2.24) is 0 Å². The van der Waals surface area contributed by atoms with Crippen LogP contribution in [0.3, 0.4) is 0 Å². The van der Waals surface area contributed by atoms with Crippen LogP contribution in [0.25, 0.3) is 0 Å². The Morgan fingerprint density at radius 2 is 0.909 bits per heavy atom. The molecule has 0 saturated carbocycles. The van der Waals surface area contributed by atoms with Gasteiger partial charge in [0.25, 0.3) is 0 Å². The van der Waals surface area contributed by atoms with E-state index in [0.717, 1.165) is 0 Å². The minimum atomic E-state index is -2.21. The van der Waals surface area contributed by atoms with Crippen molar-refractivity contribution in [1.29, 1.82) is 0 Å². The third kappa shape index (κ3) is 5.88. The van der Waals surface area contributed by atoms with Gasteiger partial charge in [-0.25, -0.2) is 0 Å². The van der Waals surface area contributed by atoms with E-state index in [2.05, 4.69) is 17.8 Å². The van der Waals surface area contributed by atoms with Gasteiger partial charge in [0.1, 0.15) is 16.8 Å². The fourth-order valence-electron chi connectivity index (χ4n) is 1.23. The zero-order valence-electron chi connectivity index (χ0n) is 14.6. The highest BCUT2D eigenvalue weighted by Gasteiger charge is 2.40. The second-order valence-electron chi connectivity index (χ2n) is 5.74. The first-order valence-corrected chi connectivity index (χ1v) is 8.75. The molecule has 0 rings (SSSR count). The lowest BCUT2D eigenvalue weighted by atomic mass is 10.1. The summed E-state index contributed by atoms with van der Waals surface area (Å²) in [6.07, 6.45) is 18.6. The maximum atomic E-state index is 5.97. The van der Waals surface area contributed by atoms with Gasteiger partial charge in [0, 0.05) is 0 Å². The molecular formula is C18H27O3Si. The van der Waals surface area contributed by atoms with Crippen molar-refractivity contribution in [3.63, 3.8) is 0 Å². The lowest BCUT2D eigenvalue weighted by Crippen LogP contribution is -2.48. The topological polar surface area (TPSA) is 27.7 Å². The maximum Gasteiger partial charge on any atom is 0.581 e. The monoisotopic (exact) mass is 319 g/mol. The summed E-state index contributed by atoms with van der Waals surface area (Å²) >= 11 is 0. The van der Waals surface area contributed by atoms with Crippen LogP contribution in [-0.2, 0) is 13.3 Å². The number of hydrogen-bond donors (Lipinski definition) is 0. The van der Waals surface area contributed by atoms with Gasteiger partial charge in [-0.2, -0.15) is 0 Å². The molecule has 0 fully saturated rings. The Hall–Kier alpha value is -1.22. The minimum Gasteiger partial charge on any atom is -0.354 e. The van der Waals surface area contributed by atoms with E-state index >= 15 is 0 Å². The molecule has 0 heterocycles. The first-order valence-electron chi connectivity index (χ1n) is 7.52. The standard InChI is InChI=1S/C18H27O3Si/c1-10-16(7,11-2)19-22(20-17(8,12-3)13-4)21-18(9,14-5)15-6/h1,3,5H,11,13,15H2,2,4,6-9H3. The Labute approximate surface area is 138 Å². The number of hydrogen-bond acceptors (Lipinski definition) is 3. The number of rotatable bonds is 9. The molecule has 0 aliphatic carbocycles. The van der Waals surface area contributed by atoms with Gasteiger partial charge in [0.2, 0.25) is 0 Å². The third-order valence-electron chi connectivity index (χ3n) is 3.87. The van der Waals surface area contributed by atoms with Crippen LogP contribution in [0, 0.1) is 37.0 Å². The Balaban J connectivity index is 5.39. The van der Waals surface area contributed by atoms with Crippen LogP contribution >= 0.6 is 0 Å². The zero-order valence-corrected chi connectivity index (χ0v) is 15.6. The van der Waals surface area contributed by atoms with Crippen molar-refractivity contribution in [3.05, 3.63) is 0 Å². The van der Waals surface area contributed by atoms with Crippen molar-refractivity contribution >= 4 is 9.53 Å². The van der Waals surface area contributed by atoms with Gasteiger partial charge in [-0.05, 0) is 40.0 Å². The highest BCUT2D eigenvalue weighted by molar-refractivity contribution is 6.37. The molecule has 22 heavy (non-hydrogen) atoms. The van der Waals surface area contributed by atoms with Crippen LogP contribution in [-0.4, -0.2) is 26.3 Å². The molecule has 3 unspecified atom stereocenters. The van der Waals surface area contributed by atoms with Crippen molar-refractivity contribution in [2.45, 2.75) is 77.6 Å². The summed E-state index contributed by atoms with van der Waals surface area (Å²) in [5, 5.41) is 0. The molecule has 0 spiro atoms. The van der Waals surface area contributed by atoms with Gasteiger partial charge < -0.3 is 13.3 Å². The summed E-state index contributed by atoms with van der Waals surface area (Å²) in [6, 6.07) is 0. The summed E-state index contributed by atoms with van der Waals surface area (Å²) in [5.41, 5.74) is -2.33. The fourth-order valence-corrected chi connectivity index (χ4v) is 3.06. The molecule has 1 radical (unpaired) electrons. The van der Waals surface area contributed by atoms with Crippen molar-refractivity contribution in [3.8, 4) is 37.0 Å². The molecule has 0 N–H and O–H groups in total. The molecule has 3 nitrogen and oxygen atoms in total. The van der Waals surface area contributed by atoms with Gasteiger partial charge >= 0.3 is 9.53 Å². The molecule has 0 amide bonds. The highest BCUT2D eigenvalue weighted by atomic mass is 28.3. The third-order valence-corrected chi connectivity index (χ3v) is 5.72. The summed E-state index contributed by atoms with van der Waals surface area (Å²) in [6.45, 7) is 11.3. The van der Waals surface area contributed by atoms with E-state index in [1.54, 1.807) is 0 Å². The van der Waals surface area contributed by atoms with Gasteiger partial charge in [-0.1, -0.05) is 38.5 Å². The van der Waals surface area contributed by atoms with Crippen LogP contribution in [0.1, 0.15) is 60.8 Å². The minimum absolute atomic E-state index is 0.627. The molecule has 0 saturated heterocycles. The van der Waals surface area contributed by atoms with Crippen molar-refractivity contribution < 1.29 is 13.3 Å². The molecule has 0 bridgehead atoms. The van der Waals surface area contributed by atoms with E-state index in [-0.39, 0.29) is 0 Å². The Morgan fingerprint density at radius 1 is 0.682 bits per heavy atom. The summed E-state index contributed by atoms with van der Waals surface area (Å²) in [7, 11) is -2.21. The lowest BCUT2D eigenvalue weighted by Gasteiger charge is -2.34. The number of terminal acetylenes is 3. The van der Waals surface area contributed by atoms with Crippen LogP contribution in [0.2, 0.25) is 0 Å². The molecule has 0 aromatic rings. The van der Waals surface area contributed by atoms with Gasteiger partial charge in [0.05, 0.1) is 0 Å². The van der Waals surface area contributed by atoms with Crippen molar-refractivity contribution in [2.75, 3.05) is 0 Å². The van der Waals surface area contributed by atoms with Crippen LogP contribution in [0.15, 0.2) is 0 Å². The maximum absolute atomic E-state index is 5.97. The first kappa shape index (κ1) is 20.8. The van der Waals surface area contributed by atoms with Gasteiger partial charge in [0.15, 0.2) is 0 Å². The molecule has 3 atom stereocenters. The Bertz CT molecular complexity index is 413. The fraction of sp³-hybridized carbons (Fsp3) is 0.667. The quantitative estimate of drug-likeness (QED) is 0.481. The lowest BCUT2D eigenvalue weighted by molar-refractivity contribution is -0.0367. The molecule has 121 valence electrons. The normalized spacial score (nSPS) is 19.1. The molecule has 0 aliphatic heterocycles. The summed E-state index contributed by atoms with van der Waals surface area (Å²) in [4.78, 5) is 0. The predicted octanol–water partition coefficient (Wildman–Crippen LogP) is 3.43. The van der Waals surface area contributed by atoms with E-state index in [4.69, 9.17) is 32.5 Å². The summed E-state index contributed by atoms with van der Waals surface area (Å²) < 4.78 is 17.9. The molecule has 4 heteroatoms. The van der Waals surface area contributed by atoms with Crippen LogP contribution in [0.5, 0.6) is 0 Å².